The van der Waals surface area contributed by atoms with Crippen LogP contribution >= 0.6 is 15.9 Å². The summed E-state index contributed by atoms with van der Waals surface area (Å²) in [6, 6.07) is 4.81. The summed E-state index contributed by atoms with van der Waals surface area (Å²) in [6.45, 7) is 0. The van der Waals surface area contributed by atoms with Crippen molar-refractivity contribution < 1.29 is 14.3 Å². The summed E-state index contributed by atoms with van der Waals surface area (Å²) in [4.78, 5) is 11.6. The fraction of sp³-hybridized carbons (Fsp3) is 0.500. The molecule has 0 spiro atoms. The number of benzene rings is 1. The molecular formula is C14H16BrFO2. The van der Waals surface area contributed by atoms with Crippen molar-refractivity contribution in [2.45, 2.75) is 38.5 Å². The average molecular weight is 315 g/mol. The standard InChI is InChI=1S/C14H16BrFO2/c15-12-10(5-4-6-11(12)16)9-14(13(17)18)7-2-1-3-8-14/h4-6H,1-3,7-9H2,(H,17,18). The van der Waals surface area contributed by atoms with Crippen LogP contribution in [-0.4, -0.2) is 11.1 Å². The minimum Gasteiger partial charge on any atom is -0.481 e. The summed E-state index contributed by atoms with van der Waals surface area (Å²) >= 11 is 3.21. The fourth-order valence-electron chi connectivity index (χ4n) is 2.74. The number of carbonyl (C=O) groups is 1. The molecule has 2 rings (SSSR count). The van der Waals surface area contributed by atoms with Crippen molar-refractivity contribution in [3.8, 4) is 0 Å². The molecule has 1 aliphatic rings. The van der Waals surface area contributed by atoms with E-state index in [0.717, 1.165) is 24.8 Å². The van der Waals surface area contributed by atoms with Crippen LogP contribution in [0.15, 0.2) is 22.7 Å². The molecule has 0 saturated heterocycles. The van der Waals surface area contributed by atoms with E-state index in [1.807, 2.05) is 0 Å². The van der Waals surface area contributed by atoms with Gasteiger partial charge < -0.3 is 5.11 Å². The van der Waals surface area contributed by atoms with Crippen molar-refractivity contribution in [2.75, 3.05) is 0 Å². The molecule has 1 aliphatic carbocycles. The van der Waals surface area contributed by atoms with Crippen molar-refractivity contribution >= 4 is 21.9 Å². The minimum absolute atomic E-state index is 0.330. The lowest BCUT2D eigenvalue weighted by Gasteiger charge is -2.33. The highest BCUT2D eigenvalue weighted by atomic mass is 79.9. The molecular weight excluding hydrogens is 299 g/mol. The highest BCUT2D eigenvalue weighted by Crippen LogP contribution is 2.41. The van der Waals surface area contributed by atoms with Gasteiger partial charge in [0.05, 0.1) is 9.89 Å². The third-order valence-electron chi connectivity index (χ3n) is 3.82. The molecule has 1 aromatic rings. The van der Waals surface area contributed by atoms with Crippen molar-refractivity contribution in [3.63, 3.8) is 0 Å². The molecule has 0 unspecified atom stereocenters. The van der Waals surface area contributed by atoms with E-state index in [9.17, 15) is 14.3 Å². The van der Waals surface area contributed by atoms with Crippen molar-refractivity contribution in [1.82, 2.24) is 0 Å². The third-order valence-corrected chi connectivity index (χ3v) is 4.71. The van der Waals surface area contributed by atoms with Gasteiger partial charge in [-0.2, -0.15) is 0 Å². The Morgan fingerprint density at radius 3 is 2.61 bits per heavy atom. The Hall–Kier alpha value is -0.900. The molecule has 98 valence electrons. The maximum atomic E-state index is 13.5. The van der Waals surface area contributed by atoms with Crippen LogP contribution in [0.1, 0.15) is 37.7 Å². The molecule has 0 aliphatic heterocycles. The number of hydrogen-bond donors (Lipinski definition) is 1. The average Bonchev–Trinajstić information content (AvgIpc) is 2.36. The lowest BCUT2D eigenvalue weighted by Crippen LogP contribution is -2.35. The number of rotatable bonds is 3. The smallest absolute Gasteiger partial charge is 0.309 e. The SMILES string of the molecule is O=C(O)C1(Cc2cccc(F)c2Br)CCCCC1. The van der Waals surface area contributed by atoms with Crippen LogP contribution in [0.5, 0.6) is 0 Å². The summed E-state index contributed by atoms with van der Waals surface area (Å²) < 4.78 is 13.9. The van der Waals surface area contributed by atoms with E-state index < -0.39 is 11.4 Å². The van der Waals surface area contributed by atoms with Crippen LogP contribution in [0.25, 0.3) is 0 Å². The molecule has 2 nitrogen and oxygen atoms in total. The van der Waals surface area contributed by atoms with Gasteiger partial charge in [0.25, 0.3) is 0 Å². The molecule has 1 aromatic carbocycles. The number of halogens is 2. The minimum atomic E-state index is -0.752. The van der Waals surface area contributed by atoms with Gasteiger partial charge in [-0.3, -0.25) is 4.79 Å². The van der Waals surface area contributed by atoms with Crippen LogP contribution in [0.2, 0.25) is 0 Å². The molecule has 0 aromatic heterocycles. The summed E-state index contributed by atoms with van der Waals surface area (Å²) in [5, 5.41) is 9.50. The van der Waals surface area contributed by atoms with E-state index in [1.54, 1.807) is 12.1 Å². The first kappa shape index (κ1) is 13.5. The number of carboxylic acids is 1. The quantitative estimate of drug-likeness (QED) is 0.909. The fourth-order valence-corrected chi connectivity index (χ4v) is 3.15. The molecule has 0 amide bonds. The summed E-state index contributed by atoms with van der Waals surface area (Å²) in [7, 11) is 0. The Bertz CT molecular complexity index is 453. The van der Waals surface area contributed by atoms with Gasteiger partial charge in [0.1, 0.15) is 5.82 Å². The first-order valence-electron chi connectivity index (χ1n) is 6.21. The maximum absolute atomic E-state index is 13.5. The Morgan fingerprint density at radius 1 is 1.33 bits per heavy atom. The van der Waals surface area contributed by atoms with Gasteiger partial charge in [0.15, 0.2) is 0 Å². The van der Waals surface area contributed by atoms with E-state index in [1.165, 1.54) is 6.07 Å². The second-order valence-corrected chi connectivity index (χ2v) is 5.83. The monoisotopic (exact) mass is 314 g/mol. The zero-order valence-corrected chi connectivity index (χ0v) is 11.7. The van der Waals surface area contributed by atoms with Gasteiger partial charge in [-0.05, 0) is 46.8 Å². The zero-order valence-electron chi connectivity index (χ0n) is 10.1. The van der Waals surface area contributed by atoms with Gasteiger partial charge in [-0.15, -0.1) is 0 Å². The zero-order chi connectivity index (χ0) is 13.2. The second kappa shape index (κ2) is 5.39. The van der Waals surface area contributed by atoms with E-state index in [2.05, 4.69) is 15.9 Å². The third kappa shape index (κ3) is 2.58. The summed E-state index contributed by atoms with van der Waals surface area (Å²) in [6.07, 6.45) is 4.76. The van der Waals surface area contributed by atoms with E-state index >= 15 is 0 Å². The van der Waals surface area contributed by atoms with Crippen molar-refractivity contribution in [2.24, 2.45) is 5.41 Å². The van der Waals surface area contributed by atoms with Crippen LogP contribution < -0.4 is 0 Å². The van der Waals surface area contributed by atoms with Gasteiger partial charge in [0.2, 0.25) is 0 Å². The lowest BCUT2D eigenvalue weighted by atomic mass is 9.70. The molecule has 18 heavy (non-hydrogen) atoms. The molecule has 0 heterocycles. The van der Waals surface area contributed by atoms with E-state index in [0.29, 0.717) is 23.7 Å². The number of aliphatic carboxylic acids is 1. The second-order valence-electron chi connectivity index (χ2n) is 5.04. The van der Waals surface area contributed by atoms with E-state index in [4.69, 9.17) is 0 Å². The van der Waals surface area contributed by atoms with E-state index in [-0.39, 0.29) is 5.82 Å². The molecule has 0 bridgehead atoms. The molecule has 1 N–H and O–H groups in total. The van der Waals surface area contributed by atoms with Crippen LogP contribution in [0, 0.1) is 11.2 Å². The van der Waals surface area contributed by atoms with Crippen molar-refractivity contribution in [3.05, 3.63) is 34.1 Å². The molecule has 1 fully saturated rings. The Labute approximate surface area is 114 Å². The highest BCUT2D eigenvalue weighted by Gasteiger charge is 2.40. The molecule has 1 saturated carbocycles. The Morgan fingerprint density at radius 2 is 2.00 bits per heavy atom. The molecule has 4 heteroatoms. The first-order valence-corrected chi connectivity index (χ1v) is 7.01. The predicted octanol–water partition coefficient (Wildman–Crippen LogP) is 4.17. The summed E-state index contributed by atoms with van der Waals surface area (Å²) in [5.41, 5.74) is 0.0356. The number of carboxylic acid groups (broad SMARTS) is 1. The Balaban J connectivity index is 2.29. The van der Waals surface area contributed by atoms with Crippen LogP contribution in [0.3, 0.4) is 0 Å². The normalized spacial score (nSPS) is 18.6. The first-order chi connectivity index (χ1) is 8.55. The number of hydrogen-bond acceptors (Lipinski definition) is 1. The molecule has 0 radical (unpaired) electrons. The lowest BCUT2D eigenvalue weighted by molar-refractivity contribution is -0.151. The largest absolute Gasteiger partial charge is 0.481 e. The Kier molecular flexibility index (Phi) is 4.05. The topological polar surface area (TPSA) is 37.3 Å². The molecule has 0 atom stereocenters. The van der Waals surface area contributed by atoms with Crippen LogP contribution in [-0.2, 0) is 11.2 Å². The summed E-state index contributed by atoms with van der Waals surface area (Å²) in [5.74, 6) is -1.08. The highest BCUT2D eigenvalue weighted by molar-refractivity contribution is 9.10. The van der Waals surface area contributed by atoms with Gasteiger partial charge in [0, 0.05) is 0 Å². The maximum Gasteiger partial charge on any atom is 0.309 e. The van der Waals surface area contributed by atoms with Gasteiger partial charge in [-0.1, -0.05) is 31.4 Å². The van der Waals surface area contributed by atoms with Gasteiger partial charge >= 0.3 is 5.97 Å². The van der Waals surface area contributed by atoms with Crippen LogP contribution in [0.4, 0.5) is 4.39 Å². The van der Waals surface area contributed by atoms with Gasteiger partial charge in [-0.25, -0.2) is 4.39 Å². The predicted molar refractivity (Wildman–Crippen MR) is 71.0 cm³/mol. The van der Waals surface area contributed by atoms with Crippen molar-refractivity contribution in [1.29, 1.82) is 0 Å².